The Morgan fingerprint density at radius 2 is 2.05 bits per heavy atom. The van der Waals surface area contributed by atoms with Crippen molar-refractivity contribution in [3.05, 3.63) is 0 Å². The molecule has 5 nitrogen and oxygen atoms in total. The van der Waals surface area contributed by atoms with Gasteiger partial charge in [-0.2, -0.15) is 0 Å². The number of piperazine rings is 1. The number of rotatable bonds is 3. The smallest absolute Gasteiger partial charge is 0.231 e. The van der Waals surface area contributed by atoms with Crippen LogP contribution in [-0.4, -0.2) is 74.7 Å². The summed E-state index contributed by atoms with van der Waals surface area (Å²) in [6.07, 6.45) is 5.71. The lowest BCUT2D eigenvalue weighted by Gasteiger charge is -2.47. The number of hydrogen-bond donors (Lipinski definition) is 1. The highest BCUT2D eigenvalue weighted by atomic mass is 16.5. The van der Waals surface area contributed by atoms with E-state index in [1.165, 1.54) is 25.8 Å². The molecule has 3 saturated heterocycles. The van der Waals surface area contributed by atoms with E-state index in [-0.39, 0.29) is 5.41 Å². The maximum atomic E-state index is 13.1. The average molecular weight is 295 g/mol. The Hall–Kier alpha value is -0.650. The van der Waals surface area contributed by atoms with E-state index in [1.54, 1.807) is 7.11 Å². The molecule has 0 aromatic carbocycles. The number of fused-ring (bicyclic) bond motifs is 1. The fourth-order valence-electron chi connectivity index (χ4n) is 4.28. The summed E-state index contributed by atoms with van der Waals surface area (Å²) < 4.78 is 5.42. The van der Waals surface area contributed by atoms with E-state index in [9.17, 15) is 4.79 Å². The Bertz CT molecular complexity index is 363. The minimum Gasteiger partial charge on any atom is -0.384 e. The van der Waals surface area contributed by atoms with Crippen LogP contribution in [0.1, 0.15) is 32.1 Å². The summed E-state index contributed by atoms with van der Waals surface area (Å²) in [5, 5.41) is 3.37. The molecule has 5 heteroatoms. The maximum Gasteiger partial charge on any atom is 0.231 e. The van der Waals surface area contributed by atoms with Crippen LogP contribution in [0.25, 0.3) is 0 Å². The van der Waals surface area contributed by atoms with Gasteiger partial charge in [0.15, 0.2) is 0 Å². The number of hydrogen-bond acceptors (Lipinski definition) is 4. The number of amides is 1. The molecule has 0 bridgehead atoms. The molecule has 120 valence electrons. The molecule has 21 heavy (non-hydrogen) atoms. The maximum absolute atomic E-state index is 13.1. The zero-order valence-corrected chi connectivity index (χ0v) is 13.3. The molecule has 0 aliphatic carbocycles. The molecule has 3 aliphatic heterocycles. The van der Waals surface area contributed by atoms with Crippen LogP contribution in [0, 0.1) is 5.41 Å². The highest BCUT2D eigenvalue weighted by molar-refractivity contribution is 5.83. The largest absolute Gasteiger partial charge is 0.384 e. The van der Waals surface area contributed by atoms with E-state index in [0.717, 1.165) is 45.6 Å². The van der Waals surface area contributed by atoms with Crippen molar-refractivity contribution in [3.8, 4) is 0 Å². The summed E-state index contributed by atoms with van der Waals surface area (Å²) in [6.45, 7) is 6.53. The molecule has 0 radical (unpaired) electrons. The lowest BCUT2D eigenvalue weighted by Crippen LogP contribution is -2.60. The minimum atomic E-state index is -0.281. The quantitative estimate of drug-likeness (QED) is 0.832. The van der Waals surface area contributed by atoms with Gasteiger partial charge in [0.05, 0.1) is 12.0 Å². The van der Waals surface area contributed by atoms with Gasteiger partial charge in [-0.15, -0.1) is 0 Å². The molecule has 0 aromatic heterocycles. The van der Waals surface area contributed by atoms with Gasteiger partial charge < -0.3 is 15.0 Å². The Morgan fingerprint density at radius 1 is 1.24 bits per heavy atom. The van der Waals surface area contributed by atoms with Gasteiger partial charge in [0.25, 0.3) is 0 Å². The van der Waals surface area contributed by atoms with Gasteiger partial charge in [-0.1, -0.05) is 6.42 Å². The van der Waals surface area contributed by atoms with Crippen molar-refractivity contribution in [1.82, 2.24) is 15.1 Å². The molecule has 1 atom stereocenters. The third-order valence-electron chi connectivity index (χ3n) is 5.56. The molecule has 1 N–H and O–H groups in total. The fourth-order valence-corrected chi connectivity index (χ4v) is 4.28. The van der Waals surface area contributed by atoms with Gasteiger partial charge in [-0.25, -0.2) is 0 Å². The number of nitrogens with one attached hydrogen (secondary N) is 1. The fraction of sp³-hybridized carbons (Fsp3) is 0.938. The minimum absolute atomic E-state index is 0.281. The van der Waals surface area contributed by atoms with E-state index in [4.69, 9.17) is 4.74 Å². The highest BCUT2D eigenvalue weighted by Crippen LogP contribution is 2.33. The predicted molar refractivity (Wildman–Crippen MR) is 82.2 cm³/mol. The molecular weight excluding hydrogens is 266 g/mol. The molecule has 1 unspecified atom stereocenters. The number of nitrogens with zero attached hydrogens (tertiary/aromatic N) is 2. The van der Waals surface area contributed by atoms with E-state index in [0.29, 0.717) is 18.6 Å². The van der Waals surface area contributed by atoms with Gasteiger partial charge in [-0.05, 0) is 45.3 Å². The van der Waals surface area contributed by atoms with Crippen LogP contribution in [0.3, 0.4) is 0 Å². The third kappa shape index (κ3) is 3.10. The number of methoxy groups -OCH3 is 1. The summed E-state index contributed by atoms with van der Waals surface area (Å²) in [5.74, 6) is 0.344. The van der Waals surface area contributed by atoms with E-state index < -0.39 is 0 Å². The Kier molecular flexibility index (Phi) is 4.82. The van der Waals surface area contributed by atoms with E-state index in [2.05, 4.69) is 15.1 Å². The first-order valence-corrected chi connectivity index (χ1v) is 8.48. The first-order chi connectivity index (χ1) is 10.2. The zero-order valence-electron chi connectivity index (χ0n) is 13.3. The topological polar surface area (TPSA) is 44.8 Å². The van der Waals surface area contributed by atoms with Crippen LogP contribution in [0.5, 0.6) is 0 Å². The number of ether oxygens (including phenoxy) is 1. The van der Waals surface area contributed by atoms with Crippen LogP contribution in [0.4, 0.5) is 0 Å². The van der Waals surface area contributed by atoms with Gasteiger partial charge in [0.1, 0.15) is 0 Å². The molecule has 3 heterocycles. The molecule has 0 saturated carbocycles. The standard InChI is InChI=1S/C16H29N3O2/c1-21-13-16(5-7-17-8-6-16)15(20)19-11-10-18-9-3-2-4-14(18)12-19/h14,17H,2-13H2,1H3. The second-order valence-corrected chi connectivity index (χ2v) is 6.90. The average Bonchev–Trinajstić information content (AvgIpc) is 2.55. The summed E-state index contributed by atoms with van der Waals surface area (Å²) in [4.78, 5) is 17.9. The van der Waals surface area contributed by atoms with Crippen molar-refractivity contribution in [1.29, 1.82) is 0 Å². The molecule has 0 spiro atoms. The summed E-state index contributed by atoms with van der Waals surface area (Å²) in [7, 11) is 1.72. The SMILES string of the molecule is COCC1(C(=O)N2CCN3CCCCC3C2)CCNCC1. The second kappa shape index (κ2) is 6.63. The van der Waals surface area contributed by atoms with Crippen LogP contribution < -0.4 is 5.32 Å². The summed E-state index contributed by atoms with van der Waals surface area (Å²) in [6, 6.07) is 0.595. The third-order valence-corrected chi connectivity index (χ3v) is 5.56. The molecule has 0 aromatic rings. The van der Waals surface area contributed by atoms with Crippen molar-refractivity contribution >= 4 is 5.91 Å². The van der Waals surface area contributed by atoms with Crippen LogP contribution in [0.15, 0.2) is 0 Å². The van der Waals surface area contributed by atoms with Gasteiger partial charge in [-0.3, -0.25) is 9.69 Å². The molecule has 3 fully saturated rings. The summed E-state index contributed by atoms with van der Waals surface area (Å²) in [5.41, 5.74) is -0.281. The molecule has 3 rings (SSSR count). The van der Waals surface area contributed by atoms with Crippen LogP contribution in [0.2, 0.25) is 0 Å². The number of carbonyl (C=O) groups excluding carboxylic acids is 1. The Labute approximate surface area is 128 Å². The van der Waals surface area contributed by atoms with Gasteiger partial charge in [0.2, 0.25) is 5.91 Å². The number of carbonyl (C=O) groups is 1. The Morgan fingerprint density at radius 3 is 2.81 bits per heavy atom. The van der Waals surface area contributed by atoms with E-state index >= 15 is 0 Å². The first kappa shape index (κ1) is 15.3. The predicted octanol–water partition coefficient (Wildman–Crippen LogP) is 0.699. The normalized spacial score (nSPS) is 30.0. The van der Waals surface area contributed by atoms with Crippen molar-refractivity contribution in [2.75, 3.05) is 53.0 Å². The van der Waals surface area contributed by atoms with Gasteiger partial charge in [0, 0.05) is 32.8 Å². The van der Waals surface area contributed by atoms with Gasteiger partial charge >= 0.3 is 0 Å². The van der Waals surface area contributed by atoms with Crippen molar-refractivity contribution < 1.29 is 9.53 Å². The van der Waals surface area contributed by atoms with Crippen LogP contribution in [-0.2, 0) is 9.53 Å². The van der Waals surface area contributed by atoms with Crippen molar-refractivity contribution in [2.45, 2.75) is 38.1 Å². The summed E-state index contributed by atoms with van der Waals surface area (Å²) >= 11 is 0. The zero-order chi connectivity index (χ0) is 14.7. The molecule has 1 amide bonds. The second-order valence-electron chi connectivity index (χ2n) is 6.90. The highest BCUT2D eigenvalue weighted by Gasteiger charge is 2.44. The van der Waals surface area contributed by atoms with Crippen molar-refractivity contribution in [2.24, 2.45) is 5.41 Å². The first-order valence-electron chi connectivity index (χ1n) is 8.48. The molecule has 3 aliphatic rings. The van der Waals surface area contributed by atoms with Crippen molar-refractivity contribution in [3.63, 3.8) is 0 Å². The lowest BCUT2D eigenvalue weighted by atomic mass is 9.78. The van der Waals surface area contributed by atoms with E-state index in [1.807, 2.05) is 0 Å². The number of piperidine rings is 2. The lowest BCUT2D eigenvalue weighted by molar-refractivity contribution is -0.151. The molecular formula is C16H29N3O2. The Balaban J connectivity index is 1.68. The van der Waals surface area contributed by atoms with Crippen LogP contribution >= 0.6 is 0 Å². The monoisotopic (exact) mass is 295 g/mol.